The zero-order valence-corrected chi connectivity index (χ0v) is 26.7. The normalized spacial score (nSPS) is 24.7. The van der Waals surface area contributed by atoms with Gasteiger partial charge in [0.15, 0.2) is 5.78 Å². The van der Waals surface area contributed by atoms with Crippen molar-refractivity contribution in [2.24, 2.45) is 11.8 Å². The van der Waals surface area contributed by atoms with Gasteiger partial charge in [-0.15, -0.1) is 0 Å². The van der Waals surface area contributed by atoms with Crippen molar-refractivity contribution in [1.29, 1.82) is 0 Å². The summed E-state index contributed by atoms with van der Waals surface area (Å²) >= 11 is 12.8. The summed E-state index contributed by atoms with van der Waals surface area (Å²) in [7, 11) is 1.56. The number of carbonyl (C=O) groups excluding carboxylic acids is 3. The summed E-state index contributed by atoms with van der Waals surface area (Å²) in [5.41, 5.74) is 1.63. The van der Waals surface area contributed by atoms with Crippen LogP contribution in [0.4, 0.5) is 5.69 Å². The van der Waals surface area contributed by atoms with E-state index in [0.29, 0.717) is 43.8 Å². The SMILES string of the molecule is COc1ccc(N2C(=O)C3C(C2=O)C2(c4ccc(Cl)cc4)C(=O)C3(c3ccc(Cl)cc3)C(c3ccccc3)=C2c2ccccc2)cc1. The Bertz CT molecular complexity index is 1970. The van der Waals surface area contributed by atoms with E-state index in [4.69, 9.17) is 27.9 Å². The Labute approximate surface area is 282 Å². The van der Waals surface area contributed by atoms with Gasteiger partial charge in [-0.25, -0.2) is 4.90 Å². The Kier molecular flexibility index (Phi) is 6.76. The Morgan fingerprint density at radius 2 is 0.957 bits per heavy atom. The molecule has 1 saturated heterocycles. The Morgan fingerprint density at radius 3 is 1.34 bits per heavy atom. The third-order valence-corrected chi connectivity index (χ3v) is 10.6. The first-order valence-electron chi connectivity index (χ1n) is 15.3. The van der Waals surface area contributed by atoms with E-state index in [1.165, 1.54) is 4.90 Å². The van der Waals surface area contributed by atoms with Gasteiger partial charge in [0.25, 0.3) is 0 Å². The molecule has 0 aromatic heterocycles. The number of Topliss-reactive ketones (excluding diaryl/α,β-unsaturated/α-hetero) is 1. The summed E-state index contributed by atoms with van der Waals surface area (Å²) in [6, 6.07) is 40.5. The van der Waals surface area contributed by atoms with Gasteiger partial charge in [0.05, 0.1) is 35.5 Å². The molecule has 5 aromatic rings. The van der Waals surface area contributed by atoms with Crippen LogP contribution in [0.25, 0.3) is 11.1 Å². The van der Waals surface area contributed by atoms with Gasteiger partial charge in [-0.05, 0) is 81.9 Å². The smallest absolute Gasteiger partial charge is 0.239 e. The predicted molar refractivity (Wildman–Crippen MR) is 183 cm³/mol. The van der Waals surface area contributed by atoms with Gasteiger partial charge in [0.1, 0.15) is 5.75 Å². The van der Waals surface area contributed by atoms with Gasteiger partial charge < -0.3 is 4.74 Å². The van der Waals surface area contributed by atoms with Crippen LogP contribution >= 0.6 is 23.2 Å². The molecule has 2 amide bonds. The number of imide groups is 1. The Balaban J connectivity index is 1.54. The van der Waals surface area contributed by atoms with Crippen molar-refractivity contribution in [3.8, 4) is 5.75 Å². The molecule has 2 fully saturated rings. The van der Waals surface area contributed by atoms with Gasteiger partial charge >= 0.3 is 0 Å². The Morgan fingerprint density at radius 1 is 0.553 bits per heavy atom. The van der Waals surface area contributed by atoms with Crippen molar-refractivity contribution in [2.45, 2.75) is 10.8 Å². The standard InChI is InChI=1S/C40H27Cl2NO4/c1-47-31-22-20-30(21-23-31)43-36(44)34-35(37(43)45)40(27-14-18-29(42)19-15-27)33(25-10-6-3-7-11-25)32(24-8-4-2-5-9-24)39(34,38(40)46)26-12-16-28(41)17-13-26/h2-23,34-35H,1H3. The van der Waals surface area contributed by atoms with Gasteiger partial charge in [-0.3, -0.25) is 14.4 Å². The minimum Gasteiger partial charge on any atom is -0.497 e. The van der Waals surface area contributed by atoms with Crippen LogP contribution in [0.1, 0.15) is 22.3 Å². The maximum absolute atomic E-state index is 15.9. The number of hydrogen-bond donors (Lipinski definition) is 0. The molecule has 2 aliphatic carbocycles. The number of carbonyl (C=O) groups is 3. The molecule has 2 bridgehead atoms. The highest BCUT2D eigenvalue weighted by molar-refractivity contribution is 6.39. The highest BCUT2D eigenvalue weighted by Gasteiger charge is 2.82. The maximum Gasteiger partial charge on any atom is 0.239 e. The largest absolute Gasteiger partial charge is 0.497 e. The number of fused-ring (bicyclic) bond motifs is 5. The molecule has 230 valence electrons. The maximum atomic E-state index is 15.9. The van der Waals surface area contributed by atoms with Gasteiger partial charge in [-0.2, -0.15) is 0 Å². The van der Waals surface area contributed by atoms with Crippen LogP contribution < -0.4 is 9.64 Å². The second-order valence-corrected chi connectivity index (χ2v) is 13.0. The van der Waals surface area contributed by atoms with E-state index >= 15 is 14.4 Å². The molecule has 1 heterocycles. The van der Waals surface area contributed by atoms with Crippen LogP contribution in [-0.4, -0.2) is 24.7 Å². The number of allylic oxidation sites excluding steroid dienone is 2. The first kappa shape index (κ1) is 29.4. The van der Waals surface area contributed by atoms with Crippen LogP contribution in [0.3, 0.4) is 0 Å². The van der Waals surface area contributed by atoms with Crippen molar-refractivity contribution >= 4 is 57.6 Å². The lowest BCUT2D eigenvalue weighted by Crippen LogP contribution is -2.45. The average molecular weight is 657 g/mol. The molecule has 1 aliphatic heterocycles. The summed E-state index contributed by atoms with van der Waals surface area (Å²) < 4.78 is 5.35. The minimum atomic E-state index is -1.52. The highest BCUT2D eigenvalue weighted by atomic mass is 35.5. The van der Waals surface area contributed by atoms with Crippen LogP contribution in [0.5, 0.6) is 5.75 Å². The molecule has 4 unspecified atom stereocenters. The van der Waals surface area contributed by atoms with Crippen LogP contribution in [0.15, 0.2) is 133 Å². The quantitative estimate of drug-likeness (QED) is 0.173. The molecular formula is C40H27Cl2NO4. The zero-order valence-electron chi connectivity index (χ0n) is 25.2. The summed E-state index contributed by atoms with van der Waals surface area (Å²) in [4.78, 5) is 47.3. The lowest BCUT2D eigenvalue weighted by molar-refractivity contribution is -0.130. The summed E-state index contributed by atoms with van der Waals surface area (Å²) in [6.45, 7) is 0. The molecule has 0 N–H and O–H groups in total. The fraction of sp³-hybridized carbons (Fsp3) is 0.125. The van der Waals surface area contributed by atoms with Crippen molar-refractivity contribution in [2.75, 3.05) is 12.0 Å². The van der Waals surface area contributed by atoms with E-state index < -0.39 is 34.5 Å². The molecule has 0 spiro atoms. The first-order valence-corrected chi connectivity index (χ1v) is 16.1. The number of ketones is 1. The van der Waals surface area contributed by atoms with E-state index in [-0.39, 0.29) is 5.78 Å². The number of amides is 2. The molecule has 0 radical (unpaired) electrons. The van der Waals surface area contributed by atoms with Crippen LogP contribution in [0, 0.1) is 11.8 Å². The molecule has 5 aromatic carbocycles. The van der Waals surface area contributed by atoms with Crippen LogP contribution in [-0.2, 0) is 25.2 Å². The van der Waals surface area contributed by atoms with Gasteiger partial charge in [0, 0.05) is 10.0 Å². The summed E-state index contributed by atoms with van der Waals surface area (Å²) in [5, 5.41) is 0.993. The third kappa shape index (κ3) is 3.87. The fourth-order valence-corrected chi connectivity index (χ4v) is 8.60. The minimum absolute atomic E-state index is 0.210. The molecule has 47 heavy (non-hydrogen) atoms. The fourth-order valence-electron chi connectivity index (χ4n) is 8.34. The Hall–Kier alpha value is -4.97. The monoisotopic (exact) mass is 655 g/mol. The number of hydrogen-bond acceptors (Lipinski definition) is 4. The van der Waals surface area contributed by atoms with Gasteiger partial charge in [0.2, 0.25) is 11.8 Å². The predicted octanol–water partition coefficient (Wildman–Crippen LogP) is 8.19. The van der Waals surface area contributed by atoms with E-state index in [1.807, 2.05) is 84.9 Å². The van der Waals surface area contributed by atoms with Crippen molar-refractivity contribution in [1.82, 2.24) is 0 Å². The number of methoxy groups -OCH3 is 1. The second-order valence-electron chi connectivity index (χ2n) is 12.1. The number of ether oxygens (including phenoxy) is 1. The third-order valence-electron chi connectivity index (χ3n) is 10.0. The molecule has 3 aliphatic rings. The van der Waals surface area contributed by atoms with Crippen molar-refractivity contribution in [3.63, 3.8) is 0 Å². The highest BCUT2D eigenvalue weighted by Crippen LogP contribution is 2.74. The second kappa shape index (κ2) is 10.8. The van der Waals surface area contributed by atoms with E-state index in [0.717, 1.165) is 11.1 Å². The average Bonchev–Trinajstić information content (AvgIpc) is 3.61. The van der Waals surface area contributed by atoms with Crippen molar-refractivity contribution < 1.29 is 19.1 Å². The number of halogens is 2. The summed E-state index contributed by atoms with van der Waals surface area (Å²) in [6.07, 6.45) is 0. The lowest BCUT2D eigenvalue weighted by Gasteiger charge is -2.39. The number of anilines is 1. The topological polar surface area (TPSA) is 63.7 Å². The first-order chi connectivity index (χ1) is 22.8. The molecule has 5 nitrogen and oxygen atoms in total. The van der Waals surface area contributed by atoms with E-state index in [1.54, 1.807) is 55.6 Å². The van der Waals surface area contributed by atoms with E-state index in [2.05, 4.69) is 0 Å². The summed E-state index contributed by atoms with van der Waals surface area (Å²) in [5.74, 6) is -2.54. The molecule has 8 rings (SSSR count). The van der Waals surface area contributed by atoms with Crippen molar-refractivity contribution in [3.05, 3.63) is 166 Å². The molecule has 1 saturated carbocycles. The number of benzene rings is 5. The lowest BCUT2D eigenvalue weighted by atomic mass is 9.59. The van der Waals surface area contributed by atoms with Gasteiger partial charge in [-0.1, -0.05) is 108 Å². The molecular weight excluding hydrogens is 629 g/mol. The number of nitrogens with zero attached hydrogens (tertiary/aromatic N) is 1. The van der Waals surface area contributed by atoms with Crippen LogP contribution in [0.2, 0.25) is 10.0 Å². The molecule has 4 atom stereocenters. The van der Waals surface area contributed by atoms with E-state index in [9.17, 15) is 0 Å². The zero-order chi connectivity index (χ0) is 32.5. The molecule has 7 heteroatoms. The number of rotatable bonds is 6.